The molecule has 2 rings (SSSR count). The van der Waals surface area contributed by atoms with E-state index in [1.165, 1.54) is 0 Å². The number of hydrogen-bond acceptors (Lipinski definition) is 1. The predicted molar refractivity (Wildman–Crippen MR) is 78.4 cm³/mol. The predicted octanol–water partition coefficient (Wildman–Crippen LogP) is 4.84. The fourth-order valence-electron chi connectivity index (χ4n) is 1.82. The van der Waals surface area contributed by atoms with E-state index in [0.29, 0.717) is 17.0 Å². The highest BCUT2D eigenvalue weighted by atomic mass is 79.9. The van der Waals surface area contributed by atoms with Crippen LogP contribution in [0, 0.1) is 6.92 Å². The lowest BCUT2D eigenvalue weighted by Gasteiger charge is -2.07. The maximum absolute atomic E-state index is 12.3. The summed E-state index contributed by atoms with van der Waals surface area (Å²) in [5, 5.41) is 0.632. The second kappa shape index (κ2) is 5.68. The quantitative estimate of drug-likeness (QED) is 0.739. The largest absolute Gasteiger partial charge is 0.294 e. The number of carbonyl (C=O) groups is 1. The summed E-state index contributed by atoms with van der Waals surface area (Å²) >= 11 is 9.48. The fraction of sp³-hybridized carbons (Fsp3) is 0.133. The summed E-state index contributed by atoms with van der Waals surface area (Å²) in [6.45, 7) is 1.87. The molecule has 0 atom stereocenters. The molecule has 0 aliphatic rings. The van der Waals surface area contributed by atoms with E-state index in [-0.39, 0.29) is 5.78 Å². The van der Waals surface area contributed by atoms with Gasteiger partial charge >= 0.3 is 0 Å². The van der Waals surface area contributed by atoms with E-state index in [1.807, 2.05) is 43.3 Å². The summed E-state index contributed by atoms with van der Waals surface area (Å²) in [4.78, 5) is 12.3. The number of Topliss-reactive ketones (excluding diaryl/α,β-unsaturated/α-hetero) is 1. The highest BCUT2D eigenvalue weighted by molar-refractivity contribution is 9.10. The van der Waals surface area contributed by atoms with Gasteiger partial charge in [-0.2, -0.15) is 0 Å². The molecule has 92 valence electrons. The molecular formula is C15H12BrClO. The molecule has 0 heterocycles. The van der Waals surface area contributed by atoms with Crippen LogP contribution in [0.5, 0.6) is 0 Å². The summed E-state index contributed by atoms with van der Waals surface area (Å²) < 4.78 is 0.957. The van der Waals surface area contributed by atoms with Crippen molar-refractivity contribution in [3.63, 3.8) is 0 Å². The molecule has 0 spiro atoms. The van der Waals surface area contributed by atoms with Crippen molar-refractivity contribution in [1.29, 1.82) is 0 Å². The molecule has 0 saturated heterocycles. The molecule has 0 saturated carbocycles. The molecule has 0 amide bonds. The van der Waals surface area contributed by atoms with Crippen molar-refractivity contribution in [2.24, 2.45) is 0 Å². The van der Waals surface area contributed by atoms with Gasteiger partial charge in [0.05, 0.1) is 0 Å². The van der Waals surface area contributed by atoms with Gasteiger partial charge in [-0.25, -0.2) is 0 Å². The Hall–Kier alpha value is -1.12. The van der Waals surface area contributed by atoms with Crippen LogP contribution in [0.1, 0.15) is 21.5 Å². The smallest absolute Gasteiger partial charge is 0.167 e. The zero-order valence-corrected chi connectivity index (χ0v) is 12.3. The van der Waals surface area contributed by atoms with Crippen molar-refractivity contribution in [1.82, 2.24) is 0 Å². The molecule has 0 fully saturated rings. The maximum atomic E-state index is 12.3. The lowest BCUT2D eigenvalue weighted by Crippen LogP contribution is -2.06. The minimum absolute atomic E-state index is 0.0851. The molecule has 18 heavy (non-hydrogen) atoms. The second-order valence-corrected chi connectivity index (χ2v) is 5.37. The first kappa shape index (κ1) is 13.3. The number of rotatable bonds is 3. The summed E-state index contributed by atoms with van der Waals surface area (Å²) in [7, 11) is 0. The first-order valence-corrected chi connectivity index (χ1v) is 6.78. The molecule has 0 aromatic heterocycles. The molecule has 0 unspecified atom stereocenters. The van der Waals surface area contributed by atoms with E-state index in [4.69, 9.17) is 11.6 Å². The van der Waals surface area contributed by atoms with Gasteiger partial charge in [-0.1, -0.05) is 57.9 Å². The normalized spacial score (nSPS) is 10.4. The van der Waals surface area contributed by atoms with E-state index in [2.05, 4.69) is 15.9 Å². The fourth-order valence-corrected chi connectivity index (χ4v) is 2.42. The third kappa shape index (κ3) is 2.82. The summed E-state index contributed by atoms with van der Waals surface area (Å²) in [5.74, 6) is 0.0851. The van der Waals surface area contributed by atoms with Gasteiger partial charge < -0.3 is 0 Å². The third-order valence-electron chi connectivity index (χ3n) is 2.88. The van der Waals surface area contributed by atoms with E-state index < -0.39 is 0 Å². The Labute approximate surface area is 120 Å². The molecule has 0 aliphatic carbocycles. The Morgan fingerprint density at radius 2 is 1.89 bits per heavy atom. The molecule has 2 aromatic rings. The Morgan fingerprint density at radius 3 is 2.61 bits per heavy atom. The molecule has 3 heteroatoms. The van der Waals surface area contributed by atoms with E-state index in [1.54, 1.807) is 6.07 Å². The summed E-state index contributed by atoms with van der Waals surface area (Å²) in [6, 6.07) is 13.2. The van der Waals surface area contributed by atoms with Gasteiger partial charge in [0.15, 0.2) is 5.78 Å². The molecule has 0 bridgehead atoms. The number of benzene rings is 2. The zero-order valence-electron chi connectivity index (χ0n) is 9.91. The van der Waals surface area contributed by atoms with Gasteiger partial charge in [0, 0.05) is 21.5 Å². The van der Waals surface area contributed by atoms with E-state index in [0.717, 1.165) is 15.6 Å². The van der Waals surface area contributed by atoms with Crippen molar-refractivity contribution in [2.45, 2.75) is 13.3 Å². The van der Waals surface area contributed by atoms with Gasteiger partial charge in [0.25, 0.3) is 0 Å². The second-order valence-electron chi connectivity index (χ2n) is 4.10. The molecular weight excluding hydrogens is 312 g/mol. The monoisotopic (exact) mass is 322 g/mol. The van der Waals surface area contributed by atoms with Crippen LogP contribution in [0.3, 0.4) is 0 Å². The van der Waals surface area contributed by atoms with Gasteiger partial charge in [0.2, 0.25) is 0 Å². The Bertz CT molecular complexity index is 593. The van der Waals surface area contributed by atoms with Crippen molar-refractivity contribution < 1.29 is 4.79 Å². The van der Waals surface area contributed by atoms with Gasteiger partial charge in [-0.15, -0.1) is 0 Å². The lowest BCUT2D eigenvalue weighted by molar-refractivity contribution is 0.0992. The van der Waals surface area contributed by atoms with Crippen molar-refractivity contribution >= 4 is 33.3 Å². The number of halogens is 2. The van der Waals surface area contributed by atoms with Crippen LogP contribution >= 0.6 is 27.5 Å². The van der Waals surface area contributed by atoms with Gasteiger partial charge in [0.1, 0.15) is 0 Å². The molecule has 0 N–H and O–H groups in total. The van der Waals surface area contributed by atoms with Crippen LogP contribution in [0.25, 0.3) is 0 Å². The highest BCUT2D eigenvalue weighted by Crippen LogP contribution is 2.22. The first-order valence-electron chi connectivity index (χ1n) is 5.61. The molecule has 2 aromatic carbocycles. The van der Waals surface area contributed by atoms with Crippen LogP contribution in [0.4, 0.5) is 0 Å². The molecule has 0 radical (unpaired) electrons. The topological polar surface area (TPSA) is 17.1 Å². The summed E-state index contributed by atoms with van der Waals surface area (Å²) in [5.41, 5.74) is 2.52. The van der Waals surface area contributed by atoms with Gasteiger partial charge in [-0.3, -0.25) is 4.79 Å². The third-order valence-corrected chi connectivity index (χ3v) is 4.06. The van der Waals surface area contributed by atoms with Crippen molar-refractivity contribution in [3.05, 3.63) is 68.7 Å². The first-order chi connectivity index (χ1) is 8.59. The average Bonchev–Trinajstić information content (AvgIpc) is 2.35. The van der Waals surface area contributed by atoms with Gasteiger partial charge in [-0.05, 0) is 30.2 Å². The lowest BCUT2D eigenvalue weighted by atomic mass is 9.99. The Morgan fingerprint density at radius 1 is 1.17 bits per heavy atom. The summed E-state index contributed by atoms with van der Waals surface area (Å²) in [6.07, 6.45) is 0.378. The van der Waals surface area contributed by atoms with Crippen LogP contribution < -0.4 is 0 Å². The molecule has 1 nitrogen and oxygen atoms in total. The van der Waals surface area contributed by atoms with Crippen LogP contribution in [0.2, 0.25) is 5.02 Å². The van der Waals surface area contributed by atoms with E-state index >= 15 is 0 Å². The number of hydrogen-bond donors (Lipinski definition) is 0. The van der Waals surface area contributed by atoms with Crippen molar-refractivity contribution in [3.8, 4) is 0 Å². The van der Waals surface area contributed by atoms with Crippen LogP contribution in [-0.4, -0.2) is 5.78 Å². The molecule has 0 aliphatic heterocycles. The standard InChI is InChI=1S/C15H12BrClO/c1-10-12(6-4-8-14(10)17)15(18)9-11-5-2-3-7-13(11)16/h2-8H,9H2,1H3. The Kier molecular flexibility index (Phi) is 4.20. The van der Waals surface area contributed by atoms with Crippen LogP contribution in [-0.2, 0) is 6.42 Å². The Balaban J connectivity index is 2.28. The minimum atomic E-state index is 0.0851. The average molecular weight is 324 g/mol. The minimum Gasteiger partial charge on any atom is -0.294 e. The van der Waals surface area contributed by atoms with Crippen LogP contribution in [0.15, 0.2) is 46.9 Å². The van der Waals surface area contributed by atoms with Crippen molar-refractivity contribution in [2.75, 3.05) is 0 Å². The number of ketones is 1. The number of carbonyl (C=O) groups excluding carboxylic acids is 1. The SMILES string of the molecule is Cc1c(Cl)cccc1C(=O)Cc1ccccc1Br. The highest BCUT2D eigenvalue weighted by Gasteiger charge is 2.12. The zero-order chi connectivity index (χ0) is 13.1. The van der Waals surface area contributed by atoms with E-state index in [9.17, 15) is 4.79 Å². The maximum Gasteiger partial charge on any atom is 0.167 e.